The molecule has 1 rings (SSSR count). The fourth-order valence-electron chi connectivity index (χ4n) is 1.39. The zero-order chi connectivity index (χ0) is 13.8. The molecule has 0 fully saturated rings. The highest BCUT2D eigenvalue weighted by atomic mass is 16.4. The first-order valence-electron chi connectivity index (χ1n) is 5.62. The number of hydrogen-bond acceptors (Lipinski definition) is 4. The summed E-state index contributed by atoms with van der Waals surface area (Å²) in [7, 11) is 1.89. The number of rotatable bonds is 5. The van der Waals surface area contributed by atoms with E-state index in [-0.39, 0.29) is 11.7 Å². The second-order valence-electron chi connectivity index (χ2n) is 4.57. The van der Waals surface area contributed by atoms with Gasteiger partial charge in [-0.25, -0.2) is 4.98 Å². The van der Waals surface area contributed by atoms with Crippen molar-refractivity contribution < 1.29 is 10.0 Å². The first kappa shape index (κ1) is 14.0. The summed E-state index contributed by atoms with van der Waals surface area (Å²) in [6.45, 7) is 3.64. The number of imidazole rings is 1. The molecule has 4 N–H and O–H groups in total. The van der Waals surface area contributed by atoms with Gasteiger partial charge in [0.25, 0.3) is 0 Å². The molecule has 0 aromatic carbocycles. The van der Waals surface area contributed by atoms with Crippen LogP contribution in [0.4, 0.5) is 0 Å². The van der Waals surface area contributed by atoms with Crippen LogP contribution in [-0.4, -0.2) is 33.0 Å². The minimum atomic E-state index is -1.03. The maximum absolute atomic E-state index is 11.9. The molecule has 1 amide bonds. The van der Waals surface area contributed by atoms with Crippen LogP contribution in [0.15, 0.2) is 17.5 Å². The van der Waals surface area contributed by atoms with E-state index in [0.717, 1.165) is 5.82 Å². The maximum Gasteiger partial charge on any atom is 0.233 e. The summed E-state index contributed by atoms with van der Waals surface area (Å²) in [6, 6.07) is 0. The highest BCUT2D eigenvalue weighted by molar-refractivity contribution is 6.05. The number of carbonyl (C=O) groups excluding carboxylic acids is 1. The van der Waals surface area contributed by atoms with Crippen LogP contribution < -0.4 is 11.1 Å². The van der Waals surface area contributed by atoms with E-state index in [1.54, 1.807) is 20.0 Å². The van der Waals surface area contributed by atoms with Crippen molar-refractivity contribution in [3.05, 3.63) is 18.2 Å². The summed E-state index contributed by atoms with van der Waals surface area (Å²) in [4.78, 5) is 16.0. The predicted octanol–water partition coefficient (Wildman–Crippen LogP) is -0.149. The molecule has 0 atom stereocenters. The third kappa shape index (κ3) is 2.99. The van der Waals surface area contributed by atoms with E-state index < -0.39 is 5.41 Å². The van der Waals surface area contributed by atoms with Gasteiger partial charge in [-0.1, -0.05) is 5.16 Å². The Balaban J connectivity index is 2.50. The number of oxime groups is 1. The number of aryl methyl sites for hydroxylation is 1. The lowest BCUT2D eigenvalue weighted by Crippen LogP contribution is -2.46. The standard InChI is InChI=1S/C11H19N5O2/c1-11(2,9(12)15-18)10(17)14-5-4-8-13-6-7-16(8)3/h6-7,18H,4-5H2,1-3H3,(H2,12,15)(H,14,17). The van der Waals surface area contributed by atoms with E-state index in [1.165, 1.54) is 0 Å². The molecule has 100 valence electrons. The minimum absolute atomic E-state index is 0.114. The van der Waals surface area contributed by atoms with E-state index in [4.69, 9.17) is 10.9 Å². The fraction of sp³-hybridized carbons (Fsp3) is 0.545. The molecule has 0 radical (unpaired) electrons. The molecule has 0 unspecified atom stereocenters. The van der Waals surface area contributed by atoms with Crippen LogP contribution in [0.1, 0.15) is 19.7 Å². The van der Waals surface area contributed by atoms with Gasteiger partial charge in [-0.15, -0.1) is 0 Å². The van der Waals surface area contributed by atoms with Gasteiger partial charge < -0.3 is 20.8 Å². The van der Waals surface area contributed by atoms with Gasteiger partial charge in [0.05, 0.1) is 0 Å². The van der Waals surface area contributed by atoms with Gasteiger partial charge in [0, 0.05) is 32.4 Å². The van der Waals surface area contributed by atoms with Gasteiger partial charge in [-0.05, 0) is 13.8 Å². The van der Waals surface area contributed by atoms with Gasteiger partial charge >= 0.3 is 0 Å². The predicted molar refractivity (Wildman–Crippen MR) is 67.1 cm³/mol. The van der Waals surface area contributed by atoms with Crippen molar-refractivity contribution in [2.75, 3.05) is 6.54 Å². The number of nitrogens with zero attached hydrogens (tertiary/aromatic N) is 3. The fourth-order valence-corrected chi connectivity index (χ4v) is 1.39. The lowest BCUT2D eigenvalue weighted by molar-refractivity contribution is -0.126. The molecular weight excluding hydrogens is 234 g/mol. The normalized spacial score (nSPS) is 12.5. The maximum atomic E-state index is 11.9. The van der Waals surface area contributed by atoms with Gasteiger partial charge in [-0.3, -0.25) is 4.79 Å². The Morgan fingerprint density at radius 2 is 2.33 bits per heavy atom. The SMILES string of the molecule is Cn1ccnc1CCNC(=O)C(C)(C)C(N)=NO. The van der Waals surface area contributed by atoms with Gasteiger partial charge in [0.1, 0.15) is 11.2 Å². The zero-order valence-corrected chi connectivity index (χ0v) is 10.8. The van der Waals surface area contributed by atoms with Crippen molar-refractivity contribution >= 4 is 11.7 Å². The van der Waals surface area contributed by atoms with Crippen LogP contribution in [0.25, 0.3) is 0 Å². The Morgan fingerprint density at radius 3 is 2.83 bits per heavy atom. The van der Waals surface area contributed by atoms with E-state index >= 15 is 0 Å². The third-order valence-corrected chi connectivity index (χ3v) is 2.87. The summed E-state index contributed by atoms with van der Waals surface area (Å²) < 4.78 is 1.89. The molecule has 1 heterocycles. The van der Waals surface area contributed by atoms with Crippen LogP contribution in [0.2, 0.25) is 0 Å². The van der Waals surface area contributed by atoms with E-state index in [2.05, 4.69) is 15.5 Å². The van der Waals surface area contributed by atoms with Crippen LogP contribution in [0, 0.1) is 5.41 Å². The number of nitrogens with two attached hydrogens (primary N) is 1. The average molecular weight is 253 g/mol. The molecule has 0 aliphatic rings. The second-order valence-corrected chi connectivity index (χ2v) is 4.57. The summed E-state index contributed by atoms with van der Waals surface area (Å²) in [5.74, 6) is 0.487. The van der Waals surface area contributed by atoms with Crippen molar-refractivity contribution in [1.82, 2.24) is 14.9 Å². The quantitative estimate of drug-likeness (QED) is 0.294. The molecule has 0 saturated heterocycles. The van der Waals surface area contributed by atoms with Crippen molar-refractivity contribution in [3.8, 4) is 0 Å². The van der Waals surface area contributed by atoms with E-state index in [9.17, 15) is 4.79 Å². The highest BCUT2D eigenvalue weighted by Crippen LogP contribution is 2.14. The van der Waals surface area contributed by atoms with E-state index in [1.807, 2.05) is 17.8 Å². The smallest absolute Gasteiger partial charge is 0.233 e. The average Bonchev–Trinajstić information content (AvgIpc) is 2.73. The number of carbonyl (C=O) groups is 1. The molecule has 0 aliphatic carbocycles. The molecule has 0 spiro atoms. The van der Waals surface area contributed by atoms with Crippen LogP contribution in [0.3, 0.4) is 0 Å². The topological polar surface area (TPSA) is 106 Å². The first-order valence-corrected chi connectivity index (χ1v) is 5.62. The Hall–Kier alpha value is -2.05. The Morgan fingerprint density at radius 1 is 1.67 bits per heavy atom. The summed E-state index contributed by atoms with van der Waals surface area (Å²) in [6.07, 6.45) is 4.18. The molecular formula is C11H19N5O2. The molecule has 1 aromatic heterocycles. The Kier molecular flexibility index (Phi) is 4.30. The monoisotopic (exact) mass is 253 g/mol. The number of amidine groups is 1. The largest absolute Gasteiger partial charge is 0.409 e. The van der Waals surface area contributed by atoms with E-state index in [0.29, 0.717) is 13.0 Å². The van der Waals surface area contributed by atoms with Crippen molar-refractivity contribution in [2.45, 2.75) is 20.3 Å². The van der Waals surface area contributed by atoms with Gasteiger partial charge in [0.2, 0.25) is 5.91 Å². The molecule has 0 saturated carbocycles. The molecule has 7 nitrogen and oxygen atoms in total. The lowest BCUT2D eigenvalue weighted by atomic mass is 9.91. The number of nitrogens with one attached hydrogen (secondary N) is 1. The molecule has 1 aromatic rings. The first-order chi connectivity index (χ1) is 8.39. The Labute approximate surface area is 106 Å². The Bertz CT molecular complexity index is 450. The summed E-state index contributed by atoms with van der Waals surface area (Å²) in [5, 5.41) is 14.2. The summed E-state index contributed by atoms with van der Waals surface area (Å²) >= 11 is 0. The van der Waals surface area contributed by atoms with Gasteiger partial charge in [0.15, 0.2) is 5.84 Å². The van der Waals surface area contributed by atoms with Crippen molar-refractivity contribution in [2.24, 2.45) is 23.4 Å². The van der Waals surface area contributed by atoms with Gasteiger partial charge in [-0.2, -0.15) is 0 Å². The zero-order valence-electron chi connectivity index (χ0n) is 10.8. The summed E-state index contributed by atoms with van der Waals surface area (Å²) in [5.41, 5.74) is 4.43. The third-order valence-electron chi connectivity index (χ3n) is 2.87. The van der Waals surface area contributed by atoms with Crippen LogP contribution in [0.5, 0.6) is 0 Å². The number of amides is 1. The molecule has 7 heteroatoms. The number of aromatic nitrogens is 2. The lowest BCUT2D eigenvalue weighted by Gasteiger charge is -2.21. The number of hydrogen-bond donors (Lipinski definition) is 3. The van der Waals surface area contributed by atoms with Crippen LogP contribution >= 0.6 is 0 Å². The molecule has 0 bridgehead atoms. The van der Waals surface area contributed by atoms with Crippen molar-refractivity contribution in [3.63, 3.8) is 0 Å². The highest BCUT2D eigenvalue weighted by Gasteiger charge is 2.32. The molecule has 0 aliphatic heterocycles. The molecule has 18 heavy (non-hydrogen) atoms. The second kappa shape index (κ2) is 5.52. The van der Waals surface area contributed by atoms with Crippen molar-refractivity contribution in [1.29, 1.82) is 0 Å². The van der Waals surface area contributed by atoms with Crippen LogP contribution in [-0.2, 0) is 18.3 Å². The minimum Gasteiger partial charge on any atom is -0.409 e.